The molecule has 2 heterocycles. The Morgan fingerprint density at radius 2 is 2.00 bits per heavy atom. The standard InChI is InChI=1S/C16H18N2O/c19-16(15-8-3-9-17-15)12-18-10-4-7-13-5-1-2-6-14(13)11-18/h1-3,5-6,8-9,17H,4,7,10-12H2. The SMILES string of the molecule is O=C(CN1CCCc2ccccc2C1)c1ccc[nH]1. The molecule has 0 saturated carbocycles. The van der Waals surface area contributed by atoms with Gasteiger partial charge in [0.25, 0.3) is 0 Å². The topological polar surface area (TPSA) is 36.1 Å². The zero-order valence-electron chi connectivity index (χ0n) is 10.9. The third-order valence-corrected chi connectivity index (χ3v) is 3.70. The predicted molar refractivity (Wildman–Crippen MR) is 75.2 cm³/mol. The number of ketones is 1. The number of nitrogens with zero attached hydrogens (tertiary/aromatic N) is 1. The van der Waals surface area contributed by atoms with E-state index in [9.17, 15) is 4.79 Å². The minimum Gasteiger partial charge on any atom is -0.359 e. The number of fused-ring (bicyclic) bond motifs is 1. The van der Waals surface area contributed by atoms with Gasteiger partial charge in [-0.05, 0) is 42.6 Å². The van der Waals surface area contributed by atoms with Gasteiger partial charge in [0.1, 0.15) is 0 Å². The molecule has 0 aliphatic carbocycles. The van der Waals surface area contributed by atoms with E-state index in [1.165, 1.54) is 11.1 Å². The smallest absolute Gasteiger partial charge is 0.192 e. The molecule has 2 aromatic rings. The van der Waals surface area contributed by atoms with Crippen LogP contribution in [0.5, 0.6) is 0 Å². The van der Waals surface area contributed by atoms with Crippen molar-refractivity contribution in [2.24, 2.45) is 0 Å². The van der Waals surface area contributed by atoms with Gasteiger partial charge >= 0.3 is 0 Å². The van der Waals surface area contributed by atoms with Crippen molar-refractivity contribution in [1.82, 2.24) is 9.88 Å². The Morgan fingerprint density at radius 3 is 2.79 bits per heavy atom. The first kappa shape index (κ1) is 12.2. The van der Waals surface area contributed by atoms with Crippen molar-refractivity contribution in [3.8, 4) is 0 Å². The van der Waals surface area contributed by atoms with Gasteiger partial charge in [0.2, 0.25) is 0 Å². The number of rotatable bonds is 3. The lowest BCUT2D eigenvalue weighted by atomic mass is 10.0. The van der Waals surface area contributed by atoms with E-state index in [1.54, 1.807) is 6.20 Å². The van der Waals surface area contributed by atoms with Crippen LogP contribution in [0.4, 0.5) is 0 Å². The molecular weight excluding hydrogens is 236 g/mol. The highest BCUT2D eigenvalue weighted by Gasteiger charge is 2.17. The van der Waals surface area contributed by atoms with Crippen LogP contribution < -0.4 is 0 Å². The van der Waals surface area contributed by atoms with E-state index in [0.29, 0.717) is 12.2 Å². The molecule has 19 heavy (non-hydrogen) atoms. The van der Waals surface area contributed by atoms with E-state index in [4.69, 9.17) is 0 Å². The largest absolute Gasteiger partial charge is 0.359 e. The Kier molecular flexibility index (Phi) is 3.47. The van der Waals surface area contributed by atoms with E-state index in [1.807, 2.05) is 12.1 Å². The van der Waals surface area contributed by atoms with Gasteiger partial charge in [-0.1, -0.05) is 24.3 Å². The molecule has 1 N–H and O–H groups in total. The molecule has 1 aliphatic rings. The van der Waals surface area contributed by atoms with Crippen molar-refractivity contribution in [2.45, 2.75) is 19.4 Å². The lowest BCUT2D eigenvalue weighted by Gasteiger charge is -2.19. The highest BCUT2D eigenvalue weighted by atomic mass is 16.1. The van der Waals surface area contributed by atoms with Gasteiger partial charge in [-0.25, -0.2) is 0 Å². The van der Waals surface area contributed by atoms with Crippen LogP contribution in [0.3, 0.4) is 0 Å². The maximum Gasteiger partial charge on any atom is 0.192 e. The van der Waals surface area contributed by atoms with Crippen molar-refractivity contribution in [3.05, 3.63) is 59.4 Å². The first-order chi connectivity index (χ1) is 9.33. The van der Waals surface area contributed by atoms with Gasteiger partial charge in [0, 0.05) is 12.7 Å². The maximum absolute atomic E-state index is 12.1. The van der Waals surface area contributed by atoms with Crippen LogP contribution in [0.25, 0.3) is 0 Å². The molecule has 0 saturated heterocycles. The monoisotopic (exact) mass is 254 g/mol. The van der Waals surface area contributed by atoms with Crippen LogP contribution in [0.2, 0.25) is 0 Å². The third-order valence-electron chi connectivity index (χ3n) is 3.70. The third kappa shape index (κ3) is 2.76. The molecule has 98 valence electrons. The Bertz CT molecular complexity index is 560. The van der Waals surface area contributed by atoms with Gasteiger partial charge in [-0.3, -0.25) is 9.69 Å². The van der Waals surface area contributed by atoms with Crippen LogP contribution in [0, 0.1) is 0 Å². The second-order valence-corrected chi connectivity index (χ2v) is 5.09. The Hall–Kier alpha value is -1.87. The maximum atomic E-state index is 12.1. The Morgan fingerprint density at radius 1 is 1.16 bits per heavy atom. The number of H-pyrrole nitrogens is 1. The highest BCUT2D eigenvalue weighted by molar-refractivity contribution is 5.95. The van der Waals surface area contributed by atoms with Gasteiger partial charge in [-0.2, -0.15) is 0 Å². The van der Waals surface area contributed by atoms with E-state index >= 15 is 0 Å². The fourth-order valence-electron chi connectivity index (χ4n) is 2.70. The van der Waals surface area contributed by atoms with E-state index in [-0.39, 0.29) is 5.78 Å². The van der Waals surface area contributed by atoms with Crippen molar-refractivity contribution in [3.63, 3.8) is 0 Å². The van der Waals surface area contributed by atoms with Crippen LogP contribution in [-0.2, 0) is 13.0 Å². The molecule has 0 bridgehead atoms. The van der Waals surface area contributed by atoms with Crippen molar-refractivity contribution >= 4 is 5.78 Å². The van der Waals surface area contributed by atoms with E-state index < -0.39 is 0 Å². The van der Waals surface area contributed by atoms with Gasteiger partial charge in [0.15, 0.2) is 5.78 Å². The molecule has 0 unspecified atom stereocenters. The van der Waals surface area contributed by atoms with Crippen LogP contribution in [0.15, 0.2) is 42.6 Å². The second kappa shape index (κ2) is 5.41. The summed E-state index contributed by atoms with van der Waals surface area (Å²) in [5.41, 5.74) is 3.49. The summed E-state index contributed by atoms with van der Waals surface area (Å²) in [6.45, 7) is 2.36. The van der Waals surface area contributed by atoms with Crippen LogP contribution in [0.1, 0.15) is 28.0 Å². The van der Waals surface area contributed by atoms with Crippen LogP contribution in [-0.4, -0.2) is 28.8 Å². The molecule has 0 spiro atoms. The first-order valence-electron chi connectivity index (χ1n) is 6.78. The quantitative estimate of drug-likeness (QED) is 0.855. The van der Waals surface area contributed by atoms with Crippen molar-refractivity contribution < 1.29 is 4.79 Å². The van der Waals surface area contributed by atoms with Crippen LogP contribution >= 0.6 is 0 Å². The molecule has 3 heteroatoms. The minimum atomic E-state index is 0.171. The first-order valence-corrected chi connectivity index (χ1v) is 6.78. The average Bonchev–Trinajstić information content (AvgIpc) is 2.87. The summed E-state index contributed by atoms with van der Waals surface area (Å²) in [6.07, 6.45) is 4.03. The number of aromatic amines is 1. The van der Waals surface area contributed by atoms with Gasteiger partial charge < -0.3 is 4.98 Å². The highest BCUT2D eigenvalue weighted by Crippen LogP contribution is 2.18. The molecule has 1 aromatic heterocycles. The normalized spacial score (nSPS) is 15.8. The number of carbonyl (C=O) groups is 1. The number of hydrogen-bond acceptors (Lipinski definition) is 2. The Balaban J connectivity index is 1.71. The molecule has 3 nitrogen and oxygen atoms in total. The lowest BCUT2D eigenvalue weighted by molar-refractivity contribution is 0.0922. The van der Waals surface area contributed by atoms with Crippen molar-refractivity contribution in [2.75, 3.05) is 13.1 Å². The number of hydrogen-bond donors (Lipinski definition) is 1. The Labute approximate surface area is 113 Å². The molecule has 0 fully saturated rings. The zero-order chi connectivity index (χ0) is 13.1. The molecule has 0 amide bonds. The molecule has 3 rings (SSSR count). The number of aryl methyl sites for hydroxylation is 1. The number of Topliss-reactive ketones (excluding diaryl/α,β-unsaturated/α-hetero) is 1. The number of nitrogens with one attached hydrogen (secondary N) is 1. The second-order valence-electron chi connectivity index (χ2n) is 5.09. The number of aromatic nitrogens is 1. The van der Waals surface area contributed by atoms with E-state index in [2.05, 4.69) is 34.1 Å². The fraction of sp³-hybridized carbons (Fsp3) is 0.312. The summed E-state index contributed by atoms with van der Waals surface area (Å²) in [5.74, 6) is 0.171. The molecule has 1 aromatic carbocycles. The van der Waals surface area contributed by atoms with E-state index in [0.717, 1.165) is 25.9 Å². The summed E-state index contributed by atoms with van der Waals surface area (Å²) in [5, 5.41) is 0. The zero-order valence-corrected chi connectivity index (χ0v) is 10.9. The average molecular weight is 254 g/mol. The summed E-state index contributed by atoms with van der Waals surface area (Å²) >= 11 is 0. The molecule has 1 aliphatic heterocycles. The lowest BCUT2D eigenvalue weighted by Crippen LogP contribution is -2.29. The molecule has 0 radical (unpaired) electrons. The molecule has 0 atom stereocenters. The summed E-state index contributed by atoms with van der Waals surface area (Å²) in [6, 6.07) is 12.3. The number of carbonyl (C=O) groups excluding carboxylic acids is 1. The van der Waals surface area contributed by atoms with Crippen molar-refractivity contribution in [1.29, 1.82) is 0 Å². The molecular formula is C16H18N2O. The van der Waals surface area contributed by atoms with Gasteiger partial charge in [0.05, 0.1) is 12.2 Å². The minimum absolute atomic E-state index is 0.171. The van der Waals surface area contributed by atoms with Gasteiger partial charge in [-0.15, -0.1) is 0 Å². The summed E-state index contributed by atoms with van der Waals surface area (Å²) in [4.78, 5) is 17.4. The number of benzene rings is 1. The predicted octanol–water partition coefficient (Wildman–Crippen LogP) is 2.65. The summed E-state index contributed by atoms with van der Waals surface area (Å²) in [7, 11) is 0. The summed E-state index contributed by atoms with van der Waals surface area (Å²) < 4.78 is 0. The fourth-order valence-corrected chi connectivity index (χ4v) is 2.70.